The monoisotopic (exact) mass is 413 g/mol. The number of rotatable bonds is 2. The number of hydrogen-bond acceptors (Lipinski definition) is 4. The van der Waals surface area contributed by atoms with E-state index < -0.39 is 0 Å². The molecule has 0 bridgehead atoms. The van der Waals surface area contributed by atoms with Gasteiger partial charge in [-0.05, 0) is 43.7 Å². The second kappa shape index (κ2) is 7.26. The first-order valence-corrected chi connectivity index (χ1v) is 11.0. The van der Waals surface area contributed by atoms with E-state index in [1.165, 1.54) is 5.56 Å². The number of Topliss-reactive ketones (excluding diaryl/α,β-unsaturated/α-hetero) is 1. The van der Waals surface area contributed by atoms with Gasteiger partial charge >= 0.3 is 0 Å². The third-order valence-corrected chi connectivity index (χ3v) is 7.41. The van der Waals surface area contributed by atoms with Crippen LogP contribution in [-0.2, 0) is 23.7 Å². The third-order valence-electron chi connectivity index (χ3n) is 7.41. The summed E-state index contributed by atoms with van der Waals surface area (Å²) in [6.45, 7) is 4.03. The number of carbonyl (C=O) groups is 1. The molecule has 1 fully saturated rings. The van der Waals surface area contributed by atoms with Crippen molar-refractivity contribution in [2.24, 2.45) is 18.9 Å². The lowest BCUT2D eigenvalue weighted by atomic mass is 9.52. The second-order valence-corrected chi connectivity index (χ2v) is 9.05. The average molecular weight is 414 g/mol. The summed E-state index contributed by atoms with van der Waals surface area (Å²) in [5.74, 6) is 1.33. The van der Waals surface area contributed by atoms with Gasteiger partial charge in [-0.3, -0.25) is 9.59 Å². The summed E-state index contributed by atoms with van der Waals surface area (Å²) in [5, 5.41) is 0. The molecule has 2 aliphatic carbocycles. The van der Waals surface area contributed by atoms with Crippen molar-refractivity contribution in [2.75, 3.05) is 0 Å². The van der Waals surface area contributed by atoms with E-state index in [2.05, 4.69) is 31.2 Å². The van der Waals surface area contributed by atoms with Crippen molar-refractivity contribution in [3.05, 3.63) is 81.7 Å². The molecule has 5 nitrogen and oxygen atoms in total. The van der Waals surface area contributed by atoms with Gasteiger partial charge < -0.3 is 4.57 Å². The zero-order valence-electron chi connectivity index (χ0n) is 18.3. The molecule has 1 saturated carbocycles. The zero-order chi connectivity index (χ0) is 21.8. The van der Waals surface area contributed by atoms with E-state index in [-0.39, 0.29) is 22.8 Å². The Morgan fingerprint density at radius 2 is 1.81 bits per heavy atom. The molecule has 0 radical (unpaired) electrons. The molecule has 2 aliphatic rings. The summed E-state index contributed by atoms with van der Waals surface area (Å²) in [6, 6.07) is 14.0. The predicted octanol–water partition coefficient (Wildman–Crippen LogP) is 4.00. The van der Waals surface area contributed by atoms with Crippen molar-refractivity contribution >= 4 is 5.78 Å². The van der Waals surface area contributed by atoms with Gasteiger partial charge in [0.1, 0.15) is 11.6 Å². The van der Waals surface area contributed by atoms with Crippen LogP contribution in [0.25, 0.3) is 11.3 Å². The Labute approximate surface area is 182 Å². The number of benzene rings is 1. The Kier molecular flexibility index (Phi) is 4.65. The number of nitrogens with zero attached hydrogens (tertiary/aromatic N) is 3. The summed E-state index contributed by atoms with van der Waals surface area (Å²) < 4.78 is 1.60. The van der Waals surface area contributed by atoms with E-state index in [0.717, 1.165) is 47.6 Å². The lowest BCUT2D eigenvalue weighted by Gasteiger charge is -2.50. The van der Waals surface area contributed by atoms with E-state index in [0.29, 0.717) is 12.2 Å². The molecule has 1 aromatic carbocycles. The molecule has 31 heavy (non-hydrogen) atoms. The standard InChI is InChI=1S/C26H27N3O2/c1-16-21-11-10-20-24(18-9-12-23(31)29(3)15-18)27-17(2)28-25(20)26(21,14-13-22(16)30)19-7-5-4-6-8-19/h4-9,12,15-16,21H,10-11,13-14H2,1-3H3/t16-,21-,26+/m0/s1. The van der Waals surface area contributed by atoms with Crippen molar-refractivity contribution in [3.63, 3.8) is 0 Å². The molecule has 2 aromatic heterocycles. The minimum Gasteiger partial charge on any atom is -0.318 e. The second-order valence-electron chi connectivity index (χ2n) is 9.05. The fourth-order valence-corrected chi connectivity index (χ4v) is 5.88. The minimum atomic E-state index is -0.286. The van der Waals surface area contributed by atoms with Crippen LogP contribution in [0.4, 0.5) is 0 Å². The van der Waals surface area contributed by atoms with Crippen molar-refractivity contribution in [3.8, 4) is 11.3 Å². The number of pyridine rings is 1. The topological polar surface area (TPSA) is 64.8 Å². The highest BCUT2D eigenvalue weighted by atomic mass is 16.1. The molecule has 0 N–H and O–H groups in total. The maximum absolute atomic E-state index is 12.7. The summed E-state index contributed by atoms with van der Waals surface area (Å²) in [6.07, 6.45) is 4.98. The lowest BCUT2D eigenvalue weighted by Crippen LogP contribution is -2.50. The minimum absolute atomic E-state index is 0.0124. The maximum atomic E-state index is 12.7. The first kappa shape index (κ1) is 19.9. The number of aryl methyl sites for hydroxylation is 2. The molecule has 3 aromatic rings. The van der Waals surface area contributed by atoms with E-state index in [9.17, 15) is 9.59 Å². The average Bonchev–Trinajstić information content (AvgIpc) is 2.78. The van der Waals surface area contributed by atoms with Crippen LogP contribution in [0, 0.1) is 18.8 Å². The van der Waals surface area contributed by atoms with Crippen LogP contribution < -0.4 is 5.56 Å². The molecular formula is C26H27N3O2. The smallest absolute Gasteiger partial charge is 0.250 e. The van der Waals surface area contributed by atoms with Crippen LogP contribution in [-0.4, -0.2) is 20.3 Å². The normalized spacial score (nSPS) is 25.1. The van der Waals surface area contributed by atoms with E-state index >= 15 is 0 Å². The first-order valence-electron chi connectivity index (χ1n) is 11.0. The predicted molar refractivity (Wildman–Crippen MR) is 120 cm³/mol. The molecule has 0 amide bonds. The van der Waals surface area contributed by atoms with Gasteiger partial charge in [0, 0.05) is 48.2 Å². The van der Waals surface area contributed by atoms with Gasteiger partial charge in [0.2, 0.25) is 5.56 Å². The Hall–Kier alpha value is -3.08. The highest BCUT2D eigenvalue weighted by Crippen LogP contribution is 2.55. The van der Waals surface area contributed by atoms with E-state index in [1.807, 2.05) is 25.3 Å². The Bertz CT molecular complexity index is 1230. The first-order chi connectivity index (χ1) is 14.9. The highest BCUT2D eigenvalue weighted by Gasteiger charge is 2.53. The van der Waals surface area contributed by atoms with Crippen molar-refractivity contribution < 1.29 is 4.79 Å². The Morgan fingerprint density at radius 1 is 1.03 bits per heavy atom. The van der Waals surface area contributed by atoms with E-state index in [1.54, 1.807) is 17.7 Å². The number of fused-ring (bicyclic) bond motifs is 3. The van der Waals surface area contributed by atoms with Crippen molar-refractivity contribution in [1.29, 1.82) is 0 Å². The van der Waals surface area contributed by atoms with Gasteiger partial charge in [-0.1, -0.05) is 37.3 Å². The molecule has 0 saturated heterocycles. The van der Waals surface area contributed by atoms with Gasteiger partial charge in [0.05, 0.1) is 11.4 Å². The summed E-state index contributed by atoms with van der Waals surface area (Å²) >= 11 is 0. The molecule has 0 spiro atoms. The van der Waals surface area contributed by atoms with E-state index in [4.69, 9.17) is 9.97 Å². The number of aromatic nitrogens is 3. The van der Waals surface area contributed by atoms with Gasteiger partial charge in [-0.15, -0.1) is 0 Å². The zero-order valence-corrected chi connectivity index (χ0v) is 18.3. The van der Waals surface area contributed by atoms with Crippen molar-refractivity contribution in [2.45, 2.75) is 44.9 Å². The van der Waals surface area contributed by atoms with Gasteiger partial charge in [-0.25, -0.2) is 9.97 Å². The number of carbonyl (C=O) groups excluding carboxylic acids is 1. The van der Waals surface area contributed by atoms with Crippen LogP contribution in [0.1, 0.15) is 48.8 Å². The van der Waals surface area contributed by atoms with Gasteiger partial charge in [-0.2, -0.15) is 0 Å². The van der Waals surface area contributed by atoms with Crippen molar-refractivity contribution in [1.82, 2.24) is 14.5 Å². The molecule has 0 aliphatic heterocycles. The fourth-order valence-electron chi connectivity index (χ4n) is 5.88. The fraction of sp³-hybridized carbons (Fsp3) is 0.385. The van der Waals surface area contributed by atoms with Gasteiger partial charge in [0.15, 0.2) is 0 Å². The Balaban J connectivity index is 1.80. The molecular weight excluding hydrogens is 386 g/mol. The van der Waals surface area contributed by atoms with Crippen LogP contribution >= 0.6 is 0 Å². The summed E-state index contributed by atoms with van der Waals surface area (Å²) in [5.41, 5.74) is 5.00. The number of ketones is 1. The third kappa shape index (κ3) is 2.98. The quantitative estimate of drug-likeness (QED) is 0.637. The maximum Gasteiger partial charge on any atom is 0.250 e. The molecule has 5 heteroatoms. The molecule has 3 atom stereocenters. The van der Waals surface area contributed by atoms with Crippen LogP contribution in [0.15, 0.2) is 53.5 Å². The van der Waals surface area contributed by atoms with Crippen LogP contribution in [0.5, 0.6) is 0 Å². The van der Waals surface area contributed by atoms with Crippen LogP contribution in [0.3, 0.4) is 0 Å². The summed E-state index contributed by atoms with van der Waals surface area (Å²) in [7, 11) is 1.77. The molecule has 0 unspecified atom stereocenters. The largest absolute Gasteiger partial charge is 0.318 e. The summed E-state index contributed by atoms with van der Waals surface area (Å²) in [4.78, 5) is 34.5. The molecule has 2 heterocycles. The Morgan fingerprint density at radius 3 is 2.55 bits per heavy atom. The molecule has 5 rings (SSSR count). The highest BCUT2D eigenvalue weighted by molar-refractivity contribution is 5.83. The number of hydrogen-bond donors (Lipinski definition) is 0. The van der Waals surface area contributed by atoms with Gasteiger partial charge in [0.25, 0.3) is 0 Å². The lowest BCUT2D eigenvalue weighted by molar-refractivity contribution is -0.128. The molecule has 158 valence electrons. The SMILES string of the molecule is Cc1nc(-c2ccc(=O)n(C)c2)c2c(n1)[C@@]1(c3ccccc3)CCC(=O)[C@@H](C)[C@@H]1CC2. The van der Waals surface area contributed by atoms with Crippen LogP contribution in [0.2, 0.25) is 0 Å².